The zero-order valence-corrected chi connectivity index (χ0v) is 15.2. The summed E-state index contributed by atoms with van der Waals surface area (Å²) in [5, 5.41) is 0. The van der Waals surface area contributed by atoms with Gasteiger partial charge in [-0.15, -0.1) is 0 Å². The van der Waals surface area contributed by atoms with E-state index in [4.69, 9.17) is 5.73 Å². The Balaban J connectivity index is 1.90. The Morgan fingerprint density at radius 2 is 1.19 bits per heavy atom. The van der Waals surface area contributed by atoms with Crippen LogP contribution in [0, 0.1) is 0 Å². The Hall–Kier alpha value is -2.47. The predicted molar refractivity (Wildman–Crippen MR) is 105 cm³/mol. The Labute approximate surface area is 154 Å². The van der Waals surface area contributed by atoms with Gasteiger partial charge in [0, 0.05) is 6.42 Å². The predicted octanol–water partition coefficient (Wildman–Crippen LogP) is 3.16. The number of nitrogens with two attached hydrogens (primary N) is 1. The molecule has 3 aromatic rings. The molecule has 0 amide bonds. The van der Waals surface area contributed by atoms with Crippen LogP contribution in [0.25, 0.3) is 0 Å². The largest absolute Gasteiger partial charge is 0.308 e. The summed E-state index contributed by atoms with van der Waals surface area (Å²) < 4.78 is 28.3. The lowest BCUT2D eigenvalue weighted by atomic mass is 9.94. The fraction of sp³-hybridized carbons (Fsp3) is 0.143. The van der Waals surface area contributed by atoms with Crippen molar-refractivity contribution >= 4 is 10.0 Å². The van der Waals surface area contributed by atoms with E-state index < -0.39 is 15.7 Å². The highest BCUT2D eigenvalue weighted by atomic mass is 32.2. The highest BCUT2D eigenvalue weighted by Gasteiger charge is 2.32. The van der Waals surface area contributed by atoms with Gasteiger partial charge in [0.05, 0.1) is 5.75 Å². The maximum atomic E-state index is 12.8. The lowest BCUT2D eigenvalue weighted by molar-refractivity contribution is 0.404. The lowest BCUT2D eigenvalue weighted by Gasteiger charge is -2.31. The summed E-state index contributed by atoms with van der Waals surface area (Å²) in [5.41, 5.74) is 7.77. The average Bonchev–Trinajstić information content (AvgIpc) is 2.63. The minimum absolute atomic E-state index is 0.117. The van der Waals surface area contributed by atoms with Crippen molar-refractivity contribution in [3.8, 4) is 0 Å². The van der Waals surface area contributed by atoms with E-state index in [9.17, 15) is 8.42 Å². The van der Waals surface area contributed by atoms with E-state index in [1.54, 1.807) is 12.1 Å². The summed E-state index contributed by atoms with van der Waals surface area (Å²) in [6.07, 6.45) is 0.353. The Bertz CT molecular complexity index is 930. The number of hydrogen-bond acceptors (Lipinski definition) is 3. The molecule has 0 saturated heterocycles. The first-order valence-corrected chi connectivity index (χ1v) is 10.1. The minimum atomic E-state index is -3.64. The van der Waals surface area contributed by atoms with Crippen LogP contribution in [0.15, 0.2) is 91.0 Å². The van der Waals surface area contributed by atoms with Crippen LogP contribution in [0.3, 0.4) is 0 Å². The van der Waals surface area contributed by atoms with E-state index >= 15 is 0 Å². The van der Waals surface area contributed by atoms with Gasteiger partial charge in [-0.25, -0.2) is 8.42 Å². The molecule has 5 heteroatoms. The number of hydrogen-bond donors (Lipinski definition) is 2. The number of benzene rings is 3. The Morgan fingerprint density at radius 1 is 0.731 bits per heavy atom. The molecular formula is C21H22N2O2S. The van der Waals surface area contributed by atoms with E-state index in [0.29, 0.717) is 6.42 Å². The molecule has 4 nitrogen and oxygen atoms in total. The third-order valence-corrected chi connectivity index (χ3v) is 5.54. The summed E-state index contributed by atoms with van der Waals surface area (Å²) in [5.74, 6) is -0.117. The number of sulfonamides is 1. The van der Waals surface area contributed by atoms with Crippen LogP contribution < -0.4 is 10.5 Å². The summed E-state index contributed by atoms with van der Waals surface area (Å²) in [6, 6.07) is 28.0. The summed E-state index contributed by atoms with van der Waals surface area (Å²) in [6.45, 7) is 0. The second-order valence-electron chi connectivity index (χ2n) is 6.35. The molecule has 26 heavy (non-hydrogen) atoms. The van der Waals surface area contributed by atoms with Gasteiger partial charge < -0.3 is 5.73 Å². The van der Waals surface area contributed by atoms with E-state index in [2.05, 4.69) is 4.72 Å². The molecule has 0 aliphatic heterocycles. The molecule has 1 atom stereocenters. The number of nitrogens with one attached hydrogen (secondary N) is 1. The number of rotatable bonds is 7. The summed E-state index contributed by atoms with van der Waals surface area (Å²) in [7, 11) is -3.64. The van der Waals surface area contributed by atoms with E-state index in [1.807, 2.05) is 78.9 Å². The van der Waals surface area contributed by atoms with Crippen LogP contribution in [0.1, 0.15) is 16.7 Å². The van der Waals surface area contributed by atoms with Crippen LogP contribution in [0.2, 0.25) is 0 Å². The van der Waals surface area contributed by atoms with Crippen LogP contribution in [-0.4, -0.2) is 8.42 Å². The summed E-state index contributed by atoms with van der Waals surface area (Å²) in [4.78, 5) is 0. The normalized spacial score (nSPS) is 13.9. The molecule has 3 aromatic carbocycles. The molecule has 0 aliphatic rings. The van der Waals surface area contributed by atoms with Gasteiger partial charge >= 0.3 is 0 Å². The van der Waals surface area contributed by atoms with E-state index in [-0.39, 0.29) is 5.75 Å². The zero-order valence-electron chi connectivity index (χ0n) is 14.4. The first kappa shape index (κ1) is 18.3. The van der Waals surface area contributed by atoms with Crippen molar-refractivity contribution in [1.82, 2.24) is 4.72 Å². The maximum absolute atomic E-state index is 12.8. The van der Waals surface area contributed by atoms with Crippen molar-refractivity contribution in [2.45, 2.75) is 17.8 Å². The van der Waals surface area contributed by atoms with Gasteiger partial charge in [-0.1, -0.05) is 91.0 Å². The molecule has 0 aromatic heterocycles. The molecule has 0 heterocycles. The molecule has 0 aliphatic carbocycles. The molecular weight excluding hydrogens is 344 g/mol. The molecule has 0 fully saturated rings. The molecule has 3 N–H and O–H groups in total. The van der Waals surface area contributed by atoms with Gasteiger partial charge in [-0.05, 0) is 16.7 Å². The topological polar surface area (TPSA) is 72.2 Å². The third-order valence-electron chi connectivity index (χ3n) is 4.15. The third kappa shape index (κ3) is 4.79. The van der Waals surface area contributed by atoms with Gasteiger partial charge in [-0.2, -0.15) is 4.72 Å². The first-order valence-electron chi connectivity index (χ1n) is 8.41. The van der Waals surface area contributed by atoms with Gasteiger partial charge in [0.25, 0.3) is 0 Å². The van der Waals surface area contributed by atoms with Crippen molar-refractivity contribution in [1.29, 1.82) is 0 Å². The lowest BCUT2D eigenvalue weighted by Crippen LogP contribution is -2.54. The average molecular weight is 366 g/mol. The Kier molecular flexibility index (Phi) is 5.52. The van der Waals surface area contributed by atoms with Crippen LogP contribution >= 0.6 is 0 Å². The molecule has 0 spiro atoms. The monoisotopic (exact) mass is 366 g/mol. The van der Waals surface area contributed by atoms with Crippen molar-refractivity contribution in [2.24, 2.45) is 5.73 Å². The Morgan fingerprint density at radius 3 is 1.73 bits per heavy atom. The van der Waals surface area contributed by atoms with Gasteiger partial charge in [0.15, 0.2) is 0 Å². The fourth-order valence-corrected chi connectivity index (χ4v) is 4.41. The highest BCUT2D eigenvalue weighted by Crippen LogP contribution is 2.22. The molecule has 0 bridgehead atoms. The quantitative estimate of drug-likeness (QED) is 0.631. The minimum Gasteiger partial charge on any atom is -0.308 e. The fourth-order valence-electron chi connectivity index (χ4n) is 2.96. The molecule has 0 unspecified atom stereocenters. The van der Waals surface area contributed by atoms with Gasteiger partial charge in [0.2, 0.25) is 10.0 Å². The van der Waals surface area contributed by atoms with Crippen molar-refractivity contribution < 1.29 is 8.42 Å². The van der Waals surface area contributed by atoms with Crippen LogP contribution in [0.5, 0.6) is 0 Å². The molecule has 0 saturated carbocycles. The van der Waals surface area contributed by atoms with E-state index in [0.717, 1.165) is 16.7 Å². The zero-order chi connectivity index (χ0) is 18.5. The SMILES string of the molecule is N[C@@](Cc1ccccc1)(NS(=O)(=O)Cc1ccccc1)c1ccccc1. The summed E-state index contributed by atoms with van der Waals surface area (Å²) >= 11 is 0. The highest BCUT2D eigenvalue weighted by molar-refractivity contribution is 7.88. The van der Waals surface area contributed by atoms with E-state index in [1.165, 1.54) is 0 Å². The maximum Gasteiger partial charge on any atom is 0.217 e. The smallest absolute Gasteiger partial charge is 0.217 e. The van der Waals surface area contributed by atoms with Gasteiger partial charge in [0.1, 0.15) is 5.66 Å². The molecule has 0 radical (unpaired) electrons. The molecule has 3 rings (SSSR count). The first-order chi connectivity index (χ1) is 12.5. The second kappa shape index (κ2) is 7.83. The van der Waals surface area contributed by atoms with Crippen molar-refractivity contribution in [3.63, 3.8) is 0 Å². The second-order valence-corrected chi connectivity index (χ2v) is 8.07. The van der Waals surface area contributed by atoms with Crippen LogP contribution in [0.4, 0.5) is 0 Å². The molecule has 134 valence electrons. The van der Waals surface area contributed by atoms with Gasteiger partial charge in [-0.3, -0.25) is 0 Å². The van der Waals surface area contributed by atoms with Crippen molar-refractivity contribution in [2.75, 3.05) is 0 Å². The van der Waals surface area contributed by atoms with Crippen molar-refractivity contribution in [3.05, 3.63) is 108 Å². The van der Waals surface area contributed by atoms with Crippen LogP contribution in [-0.2, 0) is 27.9 Å². The standard InChI is InChI=1S/C21H22N2O2S/c22-21(20-14-8-3-9-15-20,16-18-10-4-1-5-11-18)23-26(24,25)17-19-12-6-2-7-13-19/h1-15,23H,16-17,22H2/t21-/m0/s1.